The molecule has 9 nitrogen and oxygen atoms in total. The lowest BCUT2D eigenvalue weighted by atomic mass is 9.97. The highest BCUT2D eigenvalue weighted by Gasteiger charge is 2.47. The van der Waals surface area contributed by atoms with Gasteiger partial charge in [0.05, 0.1) is 23.5 Å². The molecule has 0 aliphatic carbocycles. The Bertz CT molecular complexity index is 1440. The Morgan fingerprint density at radius 3 is 2.59 bits per heavy atom. The summed E-state index contributed by atoms with van der Waals surface area (Å²) in [4.78, 5) is 9.22. The van der Waals surface area contributed by atoms with Crippen LogP contribution in [0.1, 0.15) is 6.04 Å². The Morgan fingerprint density at radius 2 is 1.92 bits per heavy atom. The average molecular weight is 580 g/mol. The van der Waals surface area contributed by atoms with Gasteiger partial charge in [-0.15, -0.1) is 5.10 Å². The molecule has 0 radical (unpaired) electrons. The first kappa shape index (κ1) is 27.5. The summed E-state index contributed by atoms with van der Waals surface area (Å²) in [6, 6.07) is 5.96. The summed E-state index contributed by atoms with van der Waals surface area (Å²) in [7, 11) is 1.42. The number of halogens is 4. The molecule has 1 aromatic carbocycles. The highest BCUT2D eigenvalue weighted by atomic mass is 35.5. The number of hydrogen-bond acceptors (Lipinski definition) is 9. The van der Waals surface area contributed by atoms with Gasteiger partial charge in [-0.25, -0.2) is 17.9 Å². The van der Waals surface area contributed by atoms with Gasteiger partial charge in [0.1, 0.15) is 35.5 Å². The second-order valence-corrected chi connectivity index (χ2v) is 10.2. The first-order valence-corrected chi connectivity index (χ1v) is 12.8. The summed E-state index contributed by atoms with van der Waals surface area (Å²) in [5.74, 6) is -4.36. The molecule has 1 aliphatic rings. The van der Waals surface area contributed by atoms with Crippen LogP contribution in [-0.2, 0) is 9.47 Å². The van der Waals surface area contributed by atoms with Crippen LogP contribution in [0.4, 0.5) is 13.2 Å². The normalized spacial score (nSPS) is 23.2. The predicted molar refractivity (Wildman–Crippen MR) is 135 cm³/mol. The van der Waals surface area contributed by atoms with Crippen LogP contribution < -0.4 is 0 Å². The first-order chi connectivity index (χ1) is 18.8. The van der Waals surface area contributed by atoms with E-state index in [1.165, 1.54) is 35.9 Å². The molecule has 14 heteroatoms. The smallest absolute Gasteiger partial charge is 0.194 e. The SMILES string of the molecule is CO[C@H]1C(n2cc(-c3cc(F)c(F)c(F)c3)nn2)[C@@H](O)C(CO)O[C@@H]1Sc1cc(Cl)cnc1-c1cccnc1. The summed E-state index contributed by atoms with van der Waals surface area (Å²) in [6.45, 7) is -0.523. The van der Waals surface area contributed by atoms with Crippen LogP contribution in [0.5, 0.6) is 0 Å². The van der Waals surface area contributed by atoms with Crippen molar-refractivity contribution in [3.8, 4) is 22.5 Å². The van der Waals surface area contributed by atoms with Gasteiger partial charge in [0, 0.05) is 41.7 Å². The largest absolute Gasteiger partial charge is 0.394 e. The molecule has 1 fully saturated rings. The van der Waals surface area contributed by atoms with Gasteiger partial charge < -0.3 is 19.7 Å². The Kier molecular flexibility index (Phi) is 8.16. The van der Waals surface area contributed by atoms with Gasteiger partial charge in [0.25, 0.3) is 0 Å². The monoisotopic (exact) mass is 579 g/mol. The van der Waals surface area contributed by atoms with Crippen molar-refractivity contribution in [1.29, 1.82) is 0 Å². The number of nitrogens with zero attached hydrogens (tertiary/aromatic N) is 5. The van der Waals surface area contributed by atoms with E-state index >= 15 is 0 Å². The lowest BCUT2D eigenvalue weighted by molar-refractivity contribution is -0.186. The van der Waals surface area contributed by atoms with Gasteiger partial charge in [-0.1, -0.05) is 28.6 Å². The molecule has 39 heavy (non-hydrogen) atoms. The van der Waals surface area contributed by atoms with Crippen molar-refractivity contribution in [3.63, 3.8) is 0 Å². The molecule has 1 saturated heterocycles. The number of aliphatic hydroxyl groups excluding tert-OH is 2. The molecule has 3 aromatic heterocycles. The van der Waals surface area contributed by atoms with Gasteiger partial charge in [0.15, 0.2) is 17.5 Å². The molecule has 4 heterocycles. The van der Waals surface area contributed by atoms with Crippen molar-refractivity contribution in [2.45, 2.75) is 34.7 Å². The molecule has 0 bridgehead atoms. The zero-order chi connectivity index (χ0) is 27.7. The highest BCUT2D eigenvalue weighted by Crippen LogP contribution is 2.42. The zero-order valence-corrected chi connectivity index (χ0v) is 21.7. The van der Waals surface area contributed by atoms with Gasteiger partial charge in [-0.3, -0.25) is 9.97 Å². The molecule has 2 unspecified atom stereocenters. The van der Waals surface area contributed by atoms with Gasteiger partial charge in [-0.05, 0) is 30.3 Å². The van der Waals surface area contributed by atoms with Crippen LogP contribution in [0.25, 0.3) is 22.5 Å². The van der Waals surface area contributed by atoms with Crippen LogP contribution in [0.2, 0.25) is 5.02 Å². The topological polar surface area (TPSA) is 115 Å². The molecule has 0 spiro atoms. The highest BCUT2D eigenvalue weighted by molar-refractivity contribution is 8.00. The third-order valence-electron chi connectivity index (χ3n) is 6.19. The number of benzene rings is 1. The summed E-state index contributed by atoms with van der Waals surface area (Å²) in [6.07, 6.45) is 2.93. The molecule has 4 aromatic rings. The molecular weight excluding hydrogens is 559 g/mol. The fourth-order valence-electron chi connectivity index (χ4n) is 4.32. The molecular formula is C25H21ClF3N5O4S. The maximum absolute atomic E-state index is 13.8. The Labute approximate surface area is 229 Å². The van der Waals surface area contributed by atoms with E-state index in [1.54, 1.807) is 24.5 Å². The summed E-state index contributed by atoms with van der Waals surface area (Å²) in [5.41, 5.74) is 0.497. The van der Waals surface area contributed by atoms with Crippen LogP contribution in [0.3, 0.4) is 0 Å². The third-order valence-corrected chi connectivity index (χ3v) is 7.57. The van der Waals surface area contributed by atoms with Crippen molar-refractivity contribution < 1.29 is 32.9 Å². The van der Waals surface area contributed by atoms with Gasteiger partial charge >= 0.3 is 0 Å². The fourth-order valence-corrected chi connectivity index (χ4v) is 5.88. The van der Waals surface area contributed by atoms with E-state index in [0.29, 0.717) is 15.6 Å². The van der Waals surface area contributed by atoms with E-state index in [-0.39, 0.29) is 11.3 Å². The van der Waals surface area contributed by atoms with Gasteiger partial charge in [0.2, 0.25) is 0 Å². The van der Waals surface area contributed by atoms with E-state index in [9.17, 15) is 23.4 Å². The molecule has 0 saturated carbocycles. The average Bonchev–Trinajstić information content (AvgIpc) is 3.42. The second-order valence-electron chi connectivity index (χ2n) is 8.60. The minimum atomic E-state index is -1.60. The van der Waals surface area contributed by atoms with Crippen LogP contribution in [-0.4, -0.2) is 72.6 Å². The number of aromatic nitrogens is 5. The quantitative estimate of drug-likeness (QED) is 0.315. The van der Waals surface area contributed by atoms with E-state index < -0.39 is 53.8 Å². The summed E-state index contributed by atoms with van der Waals surface area (Å²) < 4.78 is 54.1. The van der Waals surface area contributed by atoms with E-state index in [1.807, 2.05) is 6.07 Å². The first-order valence-electron chi connectivity index (χ1n) is 11.6. The van der Waals surface area contributed by atoms with E-state index in [2.05, 4.69) is 20.3 Å². The third kappa shape index (κ3) is 5.51. The Morgan fingerprint density at radius 1 is 1.15 bits per heavy atom. The van der Waals surface area contributed by atoms with Crippen molar-refractivity contribution >= 4 is 23.4 Å². The predicted octanol–water partition coefficient (Wildman–Crippen LogP) is 3.90. The minimum Gasteiger partial charge on any atom is -0.394 e. The van der Waals surface area contributed by atoms with Crippen LogP contribution in [0, 0.1) is 17.5 Å². The Hall–Kier alpha value is -3.07. The number of thioether (sulfide) groups is 1. The molecule has 0 amide bonds. The number of hydrogen-bond donors (Lipinski definition) is 2. The summed E-state index contributed by atoms with van der Waals surface area (Å²) >= 11 is 7.46. The van der Waals surface area contributed by atoms with Crippen molar-refractivity contribution in [2.24, 2.45) is 0 Å². The molecule has 5 rings (SSSR count). The molecule has 5 atom stereocenters. The maximum Gasteiger partial charge on any atom is 0.194 e. The van der Waals surface area contributed by atoms with Crippen molar-refractivity contribution in [1.82, 2.24) is 25.0 Å². The van der Waals surface area contributed by atoms with E-state index in [4.69, 9.17) is 21.1 Å². The maximum atomic E-state index is 13.8. The summed E-state index contributed by atoms with van der Waals surface area (Å²) in [5, 5.41) is 29.4. The number of aliphatic hydroxyl groups is 2. The van der Waals surface area contributed by atoms with E-state index in [0.717, 1.165) is 17.7 Å². The zero-order valence-electron chi connectivity index (χ0n) is 20.2. The molecule has 2 N–H and O–H groups in total. The standard InChI is InChI=1S/C25H21ClF3N5O4S/c1-37-24-22(34-10-17(32-33-34)13-5-15(27)20(29)16(28)6-13)23(36)18(11-35)38-25(24)39-19-7-14(26)9-31-21(19)12-3-2-4-30-8-12/h2-10,18,22-25,35-36H,11H2,1H3/t18?,22?,23-,24-,25+/m0/s1. The van der Waals surface area contributed by atoms with Crippen molar-refractivity contribution in [3.05, 3.63) is 77.6 Å². The van der Waals surface area contributed by atoms with Crippen LogP contribution >= 0.6 is 23.4 Å². The lowest BCUT2D eigenvalue weighted by Gasteiger charge is -2.43. The second kappa shape index (κ2) is 11.6. The number of ether oxygens (including phenoxy) is 2. The van der Waals surface area contributed by atoms with Crippen molar-refractivity contribution in [2.75, 3.05) is 13.7 Å². The lowest BCUT2D eigenvalue weighted by Crippen LogP contribution is -2.55. The number of rotatable bonds is 7. The molecule has 204 valence electrons. The minimum absolute atomic E-state index is 0.0315. The number of methoxy groups -OCH3 is 1. The molecule has 1 aliphatic heterocycles. The number of pyridine rings is 2. The Balaban J connectivity index is 1.50. The van der Waals surface area contributed by atoms with Gasteiger partial charge in [-0.2, -0.15) is 0 Å². The fraction of sp³-hybridized carbons (Fsp3) is 0.280. The van der Waals surface area contributed by atoms with Crippen LogP contribution in [0.15, 0.2) is 60.0 Å².